The number of hydrogen-bond donors (Lipinski definition) is 4. The van der Waals surface area contributed by atoms with Crippen molar-refractivity contribution in [3.8, 4) is 11.5 Å². The average Bonchev–Trinajstić information content (AvgIpc) is 3.05. The summed E-state index contributed by atoms with van der Waals surface area (Å²) in [6.45, 7) is 19.5. The van der Waals surface area contributed by atoms with E-state index in [4.69, 9.17) is 23.7 Å². The fourth-order valence-electron chi connectivity index (χ4n) is 5.93. The first-order chi connectivity index (χ1) is 23.7. The molecule has 4 atom stereocenters. The third-order valence-corrected chi connectivity index (χ3v) is 8.95. The van der Waals surface area contributed by atoms with E-state index >= 15 is 0 Å². The van der Waals surface area contributed by atoms with Gasteiger partial charge in [0.2, 0.25) is 5.91 Å². The number of methoxy groups -OCH3 is 1. The largest absolute Gasteiger partial charge is 0.490 e. The molecule has 0 aliphatic carbocycles. The molecular formula is C38H67N3O9. The van der Waals surface area contributed by atoms with Gasteiger partial charge in [0.25, 0.3) is 0 Å². The van der Waals surface area contributed by atoms with Gasteiger partial charge < -0.3 is 44.5 Å². The third kappa shape index (κ3) is 17.0. The van der Waals surface area contributed by atoms with Crippen LogP contribution in [0.1, 0.15) is 79.7 Å². The van der Waals surface area contributed by atoms with Crippen LogP contribution in [0.15, 0.2) is 18.2 Å². The van der Waals surface area contributed by atoms with Gasteiger partial charge in [-0.25, -0.2) is 4.79 Å². The number of ether oxygens (including phenoxy) is 5. The molecule has 1 aromatic rings. The van der Waals surface area contributed by atoms with Crippen LogP contribution in [0.4, 0.5) is 4.79 Å². The van der Waals surface area contributed by atoms with E-state index in [1.54, 1.807) is 27.9 Å². The van der Waals surface area contributed by atoms with Gasteiger partial charge in [-0.2, -0.15) is 0 Å². The molecule has 12 heteroatoms. The van der Waals surface area contributed by atoms with Crippen molar-refractivity contribution in [2.75, 3.05) is 72.9 Å². The van der Waals surface area contributed by atoms with E-state index in [0.717, 1.165) is 31.6 Å². The highest BCUT2D eigenvalue weighted by Gasteiger charge is 2.33. The van der Waals surface area contributed by atoms with E-state index in [-0.39, 0.29) is 36.7 Å². The topological polar surface area (TPSA) is 148 Å². The molecule has 2 rings (SSSR count). The lowest BCUT2D eigenvalue weighted by Gasteiger charge is -2.33. The third-order valence-electron chi connectivity index (χ3n) is 8.95. The quantitative estimate of drug-likeness (QED) is 0.120. The molecule has 2 amide bonds. The van der Waals surface area contributed by atoms with Crippen LogP contribution in [-0.4, -0.2) is 118 Å². The summed E-state index contributed by atoms with van der Waals surface area (Å²) in [5.41, 5.74) is 0.323. The number of benzene rings is 1. The minimum atomic E-state index is -0.983. The van der Waals surface area contributed by atoms with Crippen molar-refractivity contribution in [1.82, 2.24) is 15.5 Å². The second kappa shape index (κ2) is 23.0. The number of nitrogens with one attached hydrogen (secondary N) is 2. The molecule has 0 bridgehead atoms. The summed E-state index contributed by atoms with van der Waals surface area (Å²) in [7, 11) is 1.66. The molecule has 0 unspecified atom stereocenters. The Morgan fingerprint density at radius 1 is 0.960 bits per heavy atom. The van der Waals surface area contributed by atoms with E-state index in [1.165, 1.54) is 0 Å². The predicted octanol–water partition coefficient (Wildman–Crippen LogP) is 4.43. The number of rotatable bonds is 23. The molecule has 4 N–H and O–H groups in total. The summed E-state index contributed by atoms with van der Waals surface area (Å²) in [6.07, 6.45) is 0.996. The van der Waals surface area contributed by atoms with Gasteiger partial charge in [0.1, 0.15) is 5.60 Å². The Morgan fingerprint density at radius 3 is 2.26 bits per heavy atom. The Bertz CT molecular complexity index is 1110. The first-order valence-corrected chi connectivity index (χ1v) is 18.5. The van der Waals surface area contributed by atoms with Crippen molar-refractivity contribution in [3.05, 3.63) is 23.8 Å². The summed E-state index contributed by atoms with van der Waals surface area (Å²) >= 11 is 0. The fraction of sp³-hybridized carbons (Fsp3) is 0.789. The molecule has 1 heterocycles. The summed E-state index contributed by atoms with van der Waals surface area (Å²) < 4.78 is 28.2. The zero-order valence-electron chi connectivity index (χ0n) is 32.0. The molecule has 1 aliphatic heterocycles. The predicted molar refractivity (Wildman–Crippen MR) is 195 cm³/mol. The highest BCUT2D eigenvalue weighted by Crippen LogP contribution is 2.32. The van der Waals surface area contributed by atoms with Crippen LogP contribution in [0, 0.1) is 23.7 Å². The Labute approximate surface area is 300 Å². The molecule has 0 aromatic heterocycles. The van der Waals surface area contributed by atoms with Crippen molar-refractivity contribution < 1.29 is 43.5 Å². The van der Waals surface area contributed by atoms with Gasteiger partial charge in [-0.05, 0) is 75.5 Å². The maximum atomic E-state index is 13.4. The zero-order valence-corrected chi connectivity index (χ0v) is 32.0. The maximum absolute atomic E-state index is 13.4. The summed E-state index contributed by atoms with van der Waals surface area (Å²) in [5.74, 6) is 0.962. The molecule has 0 radical (unpaired) electrons. The second-order valence-corrected chi connectivity index (χ2v) is 15.0. The summed E-state index contributed by atoms with van der Waals surface area (Å²) in [4.78, 5) is 28.7. The summed E-state index contributed by atoms with van der Waals surface area (Å²) in [6, 6.07) is 5.24. The minimum absolute atomic E-state index is 0.0171. The smallest absolute Gasteiger partial charge is 0.407 e. The van der Waals surface area contributed by atoms with Crippen molar-refractivity contribution in [3.63, 3.8) is 0 Å². The highest BCUT2D eigenvalue weighted by molar-refractivity contribution is 5.79. The molecule has 288 valence electrons. The van der Waals surface area contributed by atoms with Crippen LogP contribution in [-0.2, 0) is 25.4 Å². The zero-order chi connectivity index (χ0) is 37.1. The average molecular weight is 710 g/mol. The number of carbonyl (C=O) groups is 2. The van der Waals surface area contributed by atoms with Gasteiger partial charge in [-0.3, -0.25) is 9.69 Å². The van der Waals surface area contributed by atoms with E-state index in [0.29, 0.717) is 70.3 Å². The molecular weight excluding hydrogens is 642 g/mol. The van der Waals surface area contributed by atoms with E-state index < -0.39 is 29.8 Å². The van der Waals surface area contributed by atoms with Gasteiger partial charge in [-0.1, -0.05) is 33.8 Å². The lowest BCUT2D eigenvalue weighted by Crippen LogP contribution is -2.49. The molecule has 0 spiro atoms. The second-order valence-electron chi connectivity index (χ2n) is 15.0. The Balaban J connectivity index is 2.24. The van der Waals surface area contributed by atoms with Crippen molar-refractivity contribution in [2.45, 2.75) is 98.3 Å². The van der Waals surface area contributed by atoms with E-state index in [9.17, 15) is 19.8 Å². The number of morpholine rings is 1. The molecule has 1 aromatic carbocycles. The van der Waals surface area contributed by atoms with Crippen LogP contribution in [0.2, 0.25) is 0 Å². The minimum Gasteiger partial charge on any atom is -0.490 e. The standard InChI is InChI=1S/C38H67N3O9/c1-27(2)30(23-29-11-12-34(48-19-9-17-42)35(24-29)49-20-10-18-46-8)25-32(40-37(45)50-38(5,6)7)33(43)26-31(28(3)4)36(44)39-13-14-41-15-21-47-22-16-41/h11-12,24,27-28,30-33,42-43H,9-10,13-23,25-26H2,1-8H3,(H,39,44)(H,40,45)/t30-,31-,32-,33-/m0/s1. The lowest BCUT2D eigenvalue weighted by molar-refractivity contribution is -0.127. The van der Waals surface area contributed by atoms with Crippen molar-refractivity contribution in [2.24, 2.45) is 23.7 Å². The molecule has 50 heavy (non-hydrogen) atoms. The number of carbonyl (C=O) groups excluding carboxylic acids is 2. The van der Waals surface area contributed by atoms with Crippen LogP contribution < -0.4 is 20.1 Å². The van der Waals surface area contributed by atoms with Gasteiger partial charge in [0, 0.05) is 65.3 Å². The summed E-state index contributed by atoms with van der Waals surface area (Å²) in [5, 5.41) is 27.0. The number of amides is 2. The normalized spacial score (nSPS) is 16.5. The fourth-order valence-corrected chi connectivity index (χ4v) is 5.93. The van der Waals surface area contributed by atoms with E-state index in [1.807, 2.05) is 32.0 Å². The number of alkyl carbamates (subject to hydrolysis) is 1. The SMILES string of the molecule is COCCCOc1cc(C[C@@H](C[C@H](NC(=O)OC(C)(C)C)[C@@H](O)C[C@H](C(=O)NCCN2CCOCC2)C(C)C)C(C)C)ccc1OCCCO. The van der Waals surface area contributed by atoms with Crippen LogP contribution in [0.3, 0.4) is 0 Å². The Morgan fingerprint density at radius 2 is 1.64 bits per heavy atom. The van der Waals surface area contributed by atoms with E-state index in [2.05, 4.69) is 29.4 Å². The monoisotopic (exact) mass is 709 g/mol. The number of aliphatic hydroxyl groups is 2. The first-order valence-electron chi connectivity index (χ1n) is 18.5. The molecule has 1 saturated heterocycles. The van der Waals surface area contributed by atoms with Crippen molar-refractivity contribution in [1.29, 1.82) is 0 Å². The van der Waals surface area contributed by atoms with Crippen LogP contribution in [0.5, 0.6) is 11.5 Å². The number of aliphatic hydroxyl groups excluding tert-OH is 2. The first kappa shape index (κ1) is 43.5. The van der Waals surface area contributed by atoms with Gasteiger partial charge >= 0.3 is 6.09 Å². The van der Waals surface area contributed by atoms with Gasteiger partial charge in [-0.15, -0.1) is 0 Å². The molecule has 1 aliphatic rings. The molecule has 12 nitrogen and oxygen atoms in total. The van der Waals surface area contributed by atoms with Crippen molar-refractivity contribution >= 4 is 12.0 Å². The lowest BCUT2D eigenvalue weighted by atomic mass is 9.80. The number of hydrogen-bond acceptors (Lipinski definition) is 10. The highest BCUT2D eigenvalue weighted by atomic mass is 16.6. The molecule has 0 saturated carbocycles. The van der Waals surface area contributed by atoms with Gasteiger partial charge in [0.15, 0.2) is 11.5 Å². The van der Waals surface area contributed by atoms with Crippen LogP contribution in [0.25, 0.3) is 0 Å². The molecule has 1 fully saturated rings. The number of nitrogens with zero attached hydrogens (tertiary/aromatic N) is 1. The Kier molecular flexibility index (Phi) is 20.0. The van der Waals surface area contributed by atoms with Gasteiger partial charge in [0.05, 0.1) is 38.6 Å². The van der Waals surface area contributed by atoms with Crippen LogP contribution >= 0.6 is 0 Å². The Hall–Kier alpha value is -2.64. The maximum Gasteiger partial charge on any atom is 0.407 e.